The zero-order valence-corrected chi connectivity index (χ0v) is 24.0. The fourth-order valence-electron chi connectivity index (χ4n) is 5.14. The highest BCUT2D eigenvalue weighted by Crippen LogP contribution is 2.35. The van der Waals surface area contributed by atoms with Crippen LogP contribution in [0.3, 0.4) is 0 Å². The quantitative estimate of drug-likeness (QED) is 0.271. The number of aliphatic hydroxyl groups is 1. The van der Waals surface area contributed by atoms with Crippen LogP contribution in [-0.2, 0) is 19.6 Å². The molecular weight excluding hydrogens is 573 g/mol. The molecule has 41 heavy (non-hydrogen) atoms. The number of nitrogens with one attached hydrogen (secondary N) is 1. The maximum absolute atomic E-state index is 14.9. The number of aryl methyl sites for hydroxylation is 1. The predicted molar refractivity (Wildman–Crippen MR) is 152 cm³/mol. The smallest absolute Gasteiger partial charge is 0.308 e. The van der Waals surface area contributed by atoms with Gasteiger partial charge in [-0.2, -0.15) is 0 Å². The van der Waals surface area contributed by atoms with E-state index in [0.29, 0.717) is 24.6 Å². The highest BCUT2D eigenvalue weighted by molar-refractivity contribution is 7.90. The minimum atomic E-state index is -4.05. The zero-order valence-electron chi connectivity index (χ0n) is 22.5. The van der Waals surface area contributed by atoms with Gasteiger partial charge in [-0.1, -0.05) is 29.3 Å². The van der Waals surface area contributed by atoms with Crippen LogP contribution in [0.25, 0.3) is 22.4 Å². The number of ether oxygens (including phenoxy) is 1. The highest BCUT2D eigenvalue weighted by atomic mass is 35.5. The molecule has 216 valence electrons. The highest BCUT2D eigenvalue weighted by Gasteiger charge is 2.37. The van der Waals surface area contributed by atoms with E-state index in [1.54, 1.807) is 25.1 Å². The molecule has 2 N–H and O–H groups in total. The molecule has 1 aliphatic carbocycles. The van der Waals surface area contributed by atoms with E-state index in [0.717, 1.165) is 15.7 Å². The van der Waals surface area contributed by atoms with Gasteiger partial charge in [0.15, 0.2) is 23.1 Å². The lowest BCUT2D eigenvalue weighted by atomic mass is 9.79. The number of hydrogen-bond acceptors (Lipinski definition) is 9. The summed E-state index contributed by atoms with van der Waals surface area (Å²) < 4.78 is 48.1. The maximum Gasteiger partial charge on any atom is 0.308 e. The van der Waals surface area contributed by atoms with E-state index >= 15 is 0 Å². The average Bonchev–Trinajstić information content (AvgIpc) is 3.29. The van der Waals surface area contributed by atoms with Crippen LogP contribution in [-0.4, -0.2) is 56.7 Å². The summed E-state index contributed by atoms with van der Waals surface area (Å²) in [4.78, 5) is 24.9. The lowest BCUT2D eigenvalue weighted by Gasteiger charge is -2.36. The van der Waals surface area contributed by atoms with E-state index in [9.17, 15) is 22.7 Å². The van der Waals surface area contributed by atoms with Gasteiger partial charge in [0, 0.05) is 29.4 Å². The number of aromatic nitrogens is 4. The molecule has 4 aromatic rings. The number of rotatable bonds is 8. The van der Waals surface area contributed by atoms with E-state index < -0.39 is 27.4 Å². The molecule has 1 saturated carbocycles. The monoisotopic (exact) mass is 601 g/mol. The van der Waals surface area contributed by atoms with E-state index in [1.807, 2.05) is 6.92 Å². The molecule has 0 amide bonds. The molecule has 0 spiro atoms. The first-order valence-corrected chi connectivity index (χ1v) is 15.0. The topological polar surface area (TPSA) is 136 Å². The molecule has 10 nitrogen and oxygen atoms in total. The Bertz CT molecular complexity index is 1710. The van der Waals surface area contributed by atoms with Gasteiger partial charge in [-0.3, -0.25) is 4.79 Å². The van der Waals surface area contributed by atoms with Gasteiger partial charge >= 0.3 is 5.97 Å². The molecule has 1 unspecified atom stereocenters. The normalized spacial score (nSPS) is 19.3. The Kier molecular flexibility index (Phi) is 8.00. The summed E-state index contributed by atoms with van der Waals surface area (Å²) in [6.07, 6.45) is 5.38. The van der Waals surface area contributed by atoms with Gasteiger partial charge in [0.25, 0.3) is 10.0 Å². The predicted octanol–water partition coefficient (Wildman–Crippen LogP) is 4.87. The first-order valence-electron chi connectivity index (χ1n) is 13.2. The number of carbonyl (C=O) groups excluding carboxylic acids is 1. The molecule has 3 heterocycles. The average molecular weight is 602 g/mol. The van der Waals surface area contributed by atoms with Gasteiger partial charge in [-0.25, -0.2) is 31.7 Å². The maximum atomic E-state index is 14.9. The van der Waals surface area contributed by atoms with Crippen molar-refractivity contribution in [1.82, 2.24) is 18.9 Å². The summed E-state index contributed by atoms with van der Waals surface area (Å²) in [6.45, 7) is 3.77. The Balaban J connectivity index is 1.50. The van der Waals surface area contributed by atoms with Crippen molar-refractivity contribution in [3.05, 3.63) is 65.3 Å². The molecule has 0 radical (unpaired) electrons. The molecular formula is C28H29ClFN5O5S. The molecule has 1 aliphatic rings. The third-order valence-corrected chi connectivity index (χ3v) is 8.95. The van der Waals surface area contributed by atoms with Crippen molar-refractivity contribution >= 4 is 44.4 Å². The van der Waals surface area contributed by atoms with Crippen molar-refractivity contribution in [2.24, 2.45) is 0 Å². The summed E-state index contributed by atoms with van der Waals surface area (Å²) in [5.41, 5.74) is 0.0261. The van der Waals surface area contributed by atoms with Crippen LogP contribution in [0.15, 0.2) is 53.8 Å². The number of esters is 1. The van der Waals surface area contributed by atoms with Crippen LogP contribution >= 0.6 is 11.6 Å². The number of pyridine rings is 1. The van der Waals surface area contributed by atoms with Crippen LogP contribution in [0, 0.1) is 12.7 Å². The number of nitrogens with zero attached hydrogens (tertiary/aromatic N) is 4. The largest absolute Gasteiger partial charge is 0.466 e. The van der Waals surface area contributed by atoms with Gasteiger partial charge < -0.3 is 15.2 Å². The lowest BCUT2D eigenvalue weighted by molar-refractivity contribution is -0.150. The van der Waals surface area contributed by atoms with Crippen LogP contribution in [0.2, 0.25) is 5.02 Å². The summed E-state index contributed by atoms with van der Waals surface area (Å²) >= 11 is 6.21. The van der Waals surface area contributed by atoms with Gasteiger partial charge in [0.1, 0.15) is 0 Å². The molecule has 1 aromatic carbocycles. The van der Waals surface area contributed by atoms with Crippen LogP contribution in [0.4, 0.5) is 10.2 Å². The SMILES string of the molecule is CCOC(=O)C[C@]1(O)CCCC(Nc2nc(-c3cn(S(=O)(=O)c4ccc(C)cc4)c4ncc(Cl)cc34)ncc2F)C1. The van der Waals surface area contributed by atoms with Gasteiger partial charge in [0.05, 0.1) is 34.7 Å². The molecule has 3 aromatic heterocycles. The molecule has 5 rings (SSSR count). The van der Waals surface area contributed by atoms with Gasteiger partial charge in [-0.05, 0) is 57.7 Å². The summed E-state index contributed by atoms with van der Waals surface area (Å²) in [5, 5.41) is 14.7. The van der Waals surface area contributed by atoms with E-state index in [4.69, 9.17) is 16.3 Å². The fourth-order valence-corrected chi connectivity index (χ4v) is 6.62. The second-order valence-electron chi connectivity index (χ2n) is 10.2. The third-order valence-electron chi connectivity index (χ3n) is 7.08. The van der Waals surface area contributed by atoms with Crippen molar-refractivity contribution in [3.63, 3.8) is 0 Å². The first kappa shape index (κ1) is 28.9. The van der Waals surface area contributed by atoms with Crippen LogP contribution < -0.4 is 5.32 Å². The Labute approximate surface area is 241 Å². The Morgan fingerprint density at radius 2 is 2.02 bits per heavy atom. The summed E-state index contributed by atoms with van der Waals surface area (Å²) in [6, 6.07) is 7.59. The fraction of sp³-hybridized carbons (Fsp3) is 0.357. The number of hydrogen-bond donors (Lipinski definition) is 2. The third kappa shape index (κ3) is 6.04. The number of halogens is 2. The molecule has 2 atom stereocenters. The lowest BCUT2D eigenvalue weighted by Crippen LogP contribution is -2.42. The second kappa shape index (κ2) is 11.3. The Morgan fingerprint density at radius 3 is 2.76 bits per heavy atom. The summed E-state index contributed by atoms with van der Waals surface area (Å²) in [5.74, 6) is -1.27. The number of benzene rings is 1. The minimum Gasteiger partial charge on any atom is -0.466 e. The number of carbonyl (C=O) groups is 1. The Hall–Kier alpha value is -3.61. The van der Waals surface area contributed by atoms with E-state index in [-0.39, 0.29) is 58.3 Å². The van der Waals surface area contributed by atoms with Crippen molar-refractivity contribution < 1.29 is 27.4 Å². The first-order chi connectivity index (χ1) is 19.5. The van der Waals surface area contributed by atoms with Crippen molar-refractivity contribution in [3.8, 4) is 11.4 Å². The molecule has 0 saturated heterocycles. The van der Waals surface area contributed by atoms with Crippen LogP contribution in [0.5, 0.6) is 0 Å². The zero-order chi connectivity index (χ0) is 29.4. The van der Waals surface area contributed by atoms with Crippen molar-refractivity contribution in [2.75, 3.05) is 11.9 Å². The molecule has 13 heteroatoms. The van der Waals surface area contributed by atoms with Gasteiger partial charge in [-0.15, -0.1) is 0 Å². The number of fused-ring (bicyclic) bond motifs is 1. The second-order valence-corrected chi connectivity index (χ2v) is 12.5. The van der Waals surface area contributed by atoms with Crippen LogP contribution in [0.1, 0.15) is 44.6 Å². The molecule has 0 bridgehead atoms. The molecule has 0 aliphatic heterocycles. The summed E-state index contributed by atoms with van der Waals surface area (Å²) in [7, 11) is -4.05. The molecule has 1 fully saturated rings. The minimum absolute atomic E-state index is 0.0541. The standard InChI is InChI=1S/C28H29ClFN5O5S/c1-3-40-24(36)13-28(37)10-4-5-19(12-28)33-26-23(30)15-31-25(34-26)22-16-35(27-21(22)11-18(29)14-32-27)41(38,39)20-8-6-17(2)7-9-20/h6-9,11,14-16,19,37H,3-5,10,12-13H2,1-2H3,(H,31,33,34)/t19?,28-/m0/s1. The van der Waals surface area contributed by atoms with E-state index in [2.05, 4.69) is 20.3 Å². The van der Waals surface area contributed by atoms with Gasteiger partial charge in [0.2, 0.25) is 0 Å². The van der Waals surface area contributed by atoms with Crippen molar-refractivity contribution in [2.45, 2.75) is 62.5 Å². The number of anilines is 1. The van der Waals surface area contributed by atoms with Crippen molar-refractivity contribution in [1.29, 1.82) is 0 Å². The van der Waals surface area contributed by atoms with E-state index in [1.165, 1.54) is 24.5 Å². The Morgan fingerprint density at radius 1 is 1.27 bits per heavy atom.